The maximum Gasteiger partial charge on any atom is 0.205 e. The zero-order chi connectivity index (χ0) is 16.1. The Morgan fingerprint density at radius 3 is 2.05 bits per heavy atom. The number of terminal acetylenes is 1. The summed E-state index contributed by atoms with van der Waals surface area (Å²) in [7, 11) is -2.45. The highest BCUT2D eigenvalue weighted by molar-refractivity contribution is 6.74. The largest absolute Gasteiger partial charge is 0.416 e. The number of hydrogen-bond acceptors (Lipinski definition) is 2. The van der Waals surface area contributed by atoms with Crippen LogP contribution in [0.25, 0.3) is 0 Å². The van der Waals surface area contributed by atoms with Crippen molar-refractivity contribution in [1.29, 1.82) is 0 Å². The second-order valence-corrected chi connectivity index (χ2v) is 14.4. The van der Waals surface area contributed by atoms with Gasteiger partial charge in [-0.05, 0) is 38.2 Å². The lowest BCUT2D eigenvalue weighted by Gasteiger charge is -2.38. The van der Waals surface area contributed by atoms with Gasteiger partial charge in [0, 0.05) is 18.4 Å². The molecule has 0 amide bonds. The molecule has 0 aliphatic rings. The van der Waals surface area contributed by atoms with Gasteiger partial charge >= 0.3 is 0 Å². The van der Waals surface area contributed by atoms with E-state index in [0.29, 0.717) is 5.92 Å². The van der Waals surface area contributed by atoms with Crippen molar-refractivity contribution in [3.8, 4) is 12.3 Å². The molecule has 0 fully saturated rings. The van der Waals surface area contributed by atoms with Crippen LogP contribution in [0.3, 0.4) is 0 Å². The van der Waals surface area contributed by atoms with Crippen LogP contribution in [0.4, 0.5) is 0 Å². The molecule has 3 atom stereocenters. The minimum Gasteiger partial charge on any atom is -0.416 e. The van der Waals surface area contributed by atoms with Crippen molar-refractivity contribution >= 4 is 17.4 Å². The molecule has 0 saturated heterocycles. The van der Waals surface area contributed by atoms with Crippen molar-refractivity contribution in [2.75, 3.05) is 6.61 Å². The van der Waals surface area contributed by atoms with Crippen molar-refractivity contribution in [2.45, 2.75) is 71.9 Å². The van der Waals surface area contributed by atoms with Gasteiger partial charge in [0.15, 0.2) is 8.32 Å². The molecular weight excluding hydrogens is 280 g/mol. The highest BCUT2D eigenvalue weighted by Crippen LogP contribution is 2.37. The second kappa shape index (κ2) is 7.79. The molecule has 0 aliphatic carbocycles. The predicted molar refractivity (Wildman–Crippen MR) is 92.7 cm³/mol. The van der Waals surface area contributed by atoms with Gasteiger partial charge in [-0.2, -0.15) is 0 Å². The smallest absolute Gasteiger partial charge is 0.205 e. The highest BCUT2D eigenvalue weighted by atomic mass is 28.4. The summed E-state index contributed by atoms with van der Waals surface area (Å²) < 4.78 is 12.4. The summed E-state index contributed by atoms with van der Waals surface area (Å²) in [6.07, 6.45) is 5.69. The Labute approximate surface area is 129 Å². The lowest BCUT2D eigenvalue weighted by Crippen LogP contribution is -2.44. The molecule has 0 N–H and O–H groups in total. The third-order valence-corrected chi connectivity index (χ3v) is 9.45. The van der Waals surface area contributed by atoms with Crippen molar-refractivity contribution < 1.29 is 8.85 Å². The Balaban J connectivity index is 4.70. The minimum absolute atomic E-state index is 0.105. The van der Waals surface area contributed by atoms with Crippen molar-refractivity contribution in [3.63, 3.8) is 0 Å². The van der Waals surface area contributed by atoms with E-state index in [1.807, 2.05) is 0 Å². The summed E-state index contributed by atoms with van der Waals surface area (Å²) in [5.74, 6) is 3.29. The molecule has 20 heavy (non-hydrogen) atoms. The van der Waals surface area contributed by atoms with Crippen LogP contribution >= 0.6 is 0 Å². The molecule has 0 saturated carbocycles. The van der Waals surface area contributed by atoms with Crippen LogP contribution in [-0.2, 0) is 8.85 Å². The van der Waals surface area contributed by atoms with Gasteiger partial charge in [-0.15, -0.1) is 12.3 Å². The third kappa shape index (κ3) is 6.13. The van der Waals surface area contributed by atoms with Crippen molar-refractivity contribution in [2.24, 2.45) is 11.8 Å². The number of hydrogen-bond donors (Lipinski definition) is 0. The maximum absolute atomic E-state index is 6.31. The Bertz CT molecular complexity index is 326. The molecule has 0 rings (SSSR count). The Hall–Kier alpha value is -0.0862. The molecule has 1 radical (unpaired) electrons. The summed E-state index contributed by atoms with van der Waals surface area (Å²) in [6.45, 7) is 20.7. The summed E-state index contributed by atoms with van der Waals surface area (Å²) in [5.41, 5.74) is 0. The van der Waals surface area contributed by atoms with Gasteiger partial charge in [-0.1, -0.05) is 27.7 Å². The van der Waals surface area contributed by atoms with Gasteiger partial charge in [0.05, 0.1) is 6.10 Å². The minimum atomic E-state index is -1.70. The molecule has 2 nitrogen and oxygen atoms in total. The fourth-order valence-corrected chi connectivity index (χ4v) is 3.82. The van der Waals surface area contributed by atoms with Crippen LogP contribution in [0.15, 0.2) is 0 Å². The van der Waals surface area contributed by atoms with E-state index < -0.39 is 17.4 Å². The van der Waals surface area contributed by atoms with Gasteiger partial charge in [0.1, 0.15) is 0 Å². The molecule has 0 bridgehead atoms. The molecule has 0 aliphatic heterocycles. The summed E-state index contributed by atoms with van der Waals surface area (Å²) >= 11 is 0. The lowest BCUT2D eigenvalue weighted by molar-refractivity contribution is 0.0765. The zero-order valence-electron chi connectivity index (χ0n) is 14.8. The van der Waals surface area contributed by atoms with Crippen molar-refractivity contribution in [1.82, 2.24) is 0 Å². The van der Waals surface area contributed by atoms with E-state index >= 15 is 0 Å². The van der Waals surface area contributed by atoms with Crippen LogP contribution in [-0.4, -0.2) is 30.1 Å². The van der Waals surface area contributed by atoms with Crippen LogP contribution in [0.5, 0.6) is 0 Å². The first kappa shape index (κ1) is 19.9. The van der Waals surface area contributed by atoms with Crippen LogP contribution < -0.4 is 0 Å². The molecule has 0 spiro atoms. The lowest BCUT2D eigenvalue weighted by atomic mass is 9.95. The Morgan fingerprint density at radius 1 is 1.20 bits per heavy atom. The normalized spacial score (nSPS) is 17.6. The van der Waals surface area contributed by atoms with Gasteiger partial charge in [-0.3, -0.25) is 0 Å². The molecule has 0 heterocycles. The first-order valence-corrected chi connectivity index (χ1v) is 12.8. The SMILES string of the molecule is C#C[C@@H](C)[C@@H](O[Si](C)C)[C@H](C)CO[Si](C)(C)C(C)(C)C. The monoisotopic (exact) mass is 313 g/mol. The first-order chi connectivity index (χ1) is 8.92. The molecule has 0 aromatic heterocycles. The maximum atomic E-state index is 6.31. The van der Waals surface area contributed by atoms with Gasteiger partial charge in [-0.25, -0.2) is 0 Å². The summed E-state index contributed by atoms with van der Waals surface area (Å²) in [5, 5.41) is 0.241. The highest BCUT2D eigenvalue weighted by Gasteiger charge is 2.38. The van der Waals surface area contributed by atoms with E-state index in [4.69, 9.17) is 15.3 Å². The van der Waals surface area contributed by atoms with Crippen LogP contribution in [0.2, 0.25) is 31.2 Å². The Kier molecular flexibility index (Phi) is 7.76. The molecule has 0 aromatic carbocycles. The standard InChI is InChI=1S/C16H33O2Si2/c1-11-13(2)15(18-19(7)8)14(3)12-17-20(9,10)16(4,5)6/h1,13-15H,12H2,2-10H3/t13-,14-,15-/m1/s1. The fourth-order valence-electron chi connectivity index (χ4n) is 1.73. The molecular formula is C16H33O2Si2. The molecule has 4 heteroatoms. The van der Waals surface area contributed by atoms with E-state index in [-0.39, 0.29) is 17.1 Å². The van der Waals surface area contributed by atoms with E-state index in [2.05, 4.69) is 66.7 Å². The third-order valence-electron chi connectivity index (χ3n) is 4.20. The van der Waals surface area contributed by atoms with Crippen LogP contribution in [0.1, 0.15) is 34.6 Å². The molecule has 117 valence electrons. The second-order valence-electron chi connectivity index (χ2n) is 7.49. The Morgan fingerprint density at radius 2 is 1.70 bits per heavy atom. The van der Waals surface area contributed by atoms with E-state index in [0.717, 1.165) is 6.61 Å². The van der Waals surface area contributed by atoms with Crippen molar-refractivity contribution in [3.05, 3.63) is 0 Å². The topological polar surface area (TPSA) is 18.5 Å². The predicted octanol–water partition coefficient (Wildman–Crippen LogP) is 4.55. The molecule has 0 aromatic rings. The van der Waals surface area contributed by atoms with Gasteiger partial charge in [0.2, 0.25) is 9.04 Å². The quantitative estimate of drug-likeness (QED) is 0.507. The van der Waals surface area contributed by atoms with Gasteiger partial charge in [0.25, 0.3) is 0 Å². The summed E-state index contributed by atoms with van der Waals surface area (Å²) in [4.78, 5) is 0. The van der Waals surface area contributed by atoms with E-state index in [1.54, 1.807) is 0 Å². The molecule has 0 unspecified atom stereocenters. The fraction of sp³-hybridized carbons (Fsp3) is 0.875. The van der Waals surface area contributed by atoms with Gasteiger partial charge < -0.3 is 8.85 Å². The van der Waals surface area contributed by atoms with E-state index in [1.165, 1.54) is 0 Å². The first-order valence-electron chi connectivity index (χ1n) is 7.49. The number of rotatable bonds is 7. The zero-order valence-corrected chi connectivity index (χ0v) is 16.8. The summed E-state index contributed by atoms with van der Waals surface area (Å²) in [6, 6.07) is 0. The van der Waals surface area contributed by atoms with Crippen LogP contribution in [0, 0.1) is 24.2 Å². The average molecular weight is 314 g/mol. The average Bonchev–Trinajstić information content (AvgIpc) is 2.30. The van der Waals surface area contributed by atoms with E-state index in [9.17, 15) is 0 Å².